The number of nitrogens with one attached hydrogen (secondary N) is 1. The molecule has 0 radical (unpaired) electrons. The summed E-state index contributed by atoms with van der Waals surface area (Å²) in [5, 5.41) is 2.42. The summed E-state index contributed by atoms with van der Waals surface area (Å²) in [5.41, 5.74) is 5.47. The Hall–Kier alpha value is -0.490. The predicted molar refractivity (Wildman–Crippen MR) is 58.4 cm³/mol. The molecule has 1 amide bonds. The molecule has 0 aliphatic rings. The van der Waals surface area contributed by atoms with Gasteiger partial charge in [-0.05, 0) is 13.3 Å². The molecular weight excluding hydrogens is 245 g/mol. The summed E-state index contributed by atoms with van der Waals surface area (Å²) in [5.74, 6) is -0.678. The summed E-state index contributed by atoms with van der Waals surface area (Å²) in [7, 11) is 0. The van der Waals surface area contributed by atoms with Gasteiger partial charge in [0.15, 0.2) is 0 Å². The van der Waals surface area contributed by atoms with E-state index < -0.39 is 12.6 Å². The van der Waals surface area contributed by atoms with Crippen LogP contribution in [0.4, 0.5) is 13.2 Å². The van der Waals surface area contributed by atoms with Gasteiger partial charge in [0, 0.05) is 24.9 Å². The lowest BCUT2D eigenvalue weighted by atomic mass is 10.0. The Kier molecular flexibility index (Phi) is 8.64. The van der Waals surface area contributed by atoms with Crippen molar-refractivity contribution in [2.24, 2.45) is 11.7 Å². The smallest absolute Gasteiger partial charge is 0.356 e. The Morgan fingerprint density at radius 3 is 2.25 bits per heavy atom. The van der Waals surface area contributed by atoms with E-state index in [1.165, 1.54) is 0 Å². The van der Waals surface area contributed by atoms with Crippen molar-refractivity contribution in [2.75, 3.05) is 6.54 Å². The lowest BCUT2D eigenvalue weighted by Crippen LogP contribution is -2.39. The Labute approximate surface area is 99.4 Å². The average Bonchev–Trinajstić information content (AvgIpc) is 2.09. The van der Waals surface area contributed by atoms with E-state index in [0.29, 0.717) is 0 Å². The zero-order valence-electron chi connectivity index (χ0n) is 9.30. The van der Waals surface area contributed by atoms with Gasteiger partial charge in [0.25, 0.3) is 0 Å². The summed E-state index contributed by atoms with van der Waals surface area (Å²) in [4.78, 5) is 11.2. The molecule has 0 saturated heterocycles. The van der Waals surface area contributed by atoms with E-state index in [1.807, 2.05) is 0 Å². The van der Waals surface area contributed by atoms with Crippen LogP contribution in [0.2, 0.25) is 0 Å². The van der Waals surface area contributed by atoms with Gasteiger partial charge in [-0.2, -0.15) is 13.2 Å². The van der Waals surface area contributed by atoms with E-state index in [2.05, 4.69) is 5.32 Å². The third-order valence-corrected chi connectivity index (χ3v) is 2.14. The van der Waals surface area contributed by atoms with Crippen molar-refractivity contribution in [1.29, 1.82) is 0 Å². The van der Waals surface area contributed by atoms with Crippen molar-refractivity contribution in [3.8, 4) is 0 Å². The van der Waals surface area contributed by atoms with Crippen molar-refractivity contribution >= 4 is 18.3 Å². The molecule has 2 unspecified atom stereocenters. The normalized spacial score (nSPS) is 14.9. The van der Waals surface area contributed by atoms with Gasteiger partial charge in [-0.1, -0.05) is 6.92 Å². The number of carbonyl (C=O) groups excluding carboxylic acids is 1. The van der Waals surface area contributed by atoms with E-state index in [4.69, 9.17) is 5.73 Å². The number of halogens is 4. The molecule has 0 saturated carbocycles. The first-order valence-electron chi connectivity index (χ1n) is 4.84. The SMILES string of the molecule is CC(N)C(C)C(=O)NCCCC(F)(F)F.Cl. The zero-order chi connectivity index (χ0) is 12.1. The molecule has 0 fully saturated rings. The minimum atomic E-state index is -4.16. The molecule has 0 aromatic carbocycles. The highest BCUT2D eigenvalue weighted by atomic mass is 35.5. The Morgan fingerprint density at radius 1 is 1.38 bits per heavy atom. The second kappa shape index (κ2) is 7.73. The van der Waals surface area contributed by atoms with E-state index in [0.717, 1.165) is 0 Å². The van der Waals surface area contributed by atoms with Gasteiger partial charge in [-0.25, -0.2) is 0 Å². The first-order chi connectivity index (χ1) is 6.74. The van der Waals surface area contributed by atoms with Crippen molar-refractivity contribution in [1.82, 2.24) is 5.32 Å². The maximum absolute atomic E-state index is 11.7. The molecule has 0 heterocycles. The third kappa shape index (κ3) is 8.79. The predicted octanol–water partition coefficient (Wildman–Crippen LogP) is 1.85. The van der Waals surface area contributed by atoms with Gasteiger partial charge in [0.2, 0.25) is 5.91 Å². The molecule has 0 rings (SSSR count). The molecule has 3 N–H and O–H groups in total. The van der Waals surface area contributed by atoms with Crippen molar-refractivity contribution in [2.45, 2.75) is 38.9 Å². The van der Waals surface area contributed by atoms with Gasteiger partial charge in [0.05, 0.1) is 0 Å². The molecule has 3 nitrogen and oxygen atoms in total. The topological polar surface area (TPSA) is 55.1 Å². The Bertz CT molecular complexity index is 209. The van der Waals surface area contributed by atoms with Crippen LogP contribution in [0.1, 0.15) is 26.7 Å². The fourth-order valence-electron chi connectivity index (χ4n) is 0.900. The Balaban J connectivity index is 0. The summed E-state index contributed by atoms with van der Waals surface area (Å²) in [6, 6.07) is -0.299. The number of rotatable bonds is 5. The number of alkyl halides is 3. The first kappa shape index (κ1) is 17.9. The zero-order valence-corrected chi connectivity index (χ0v) is 10.1. The van der Waals surface area contributed by atoms with Gasteiger partial charge >= 0.3 is 6.18 Å². The molecule has 0 bridgehead atoms. The highest BCUT2D eigenvalue weighted by Crippen LogP contribution is 2.20. The molecule has 0 spiro atoms. The molecule has 0 aliphatic heterocycles. The van der Waals surface area contributed by atoms with Gasteiger partial charge in [-0.15, -0.1) is 12.4 Å². The van der Waals surface area contributed by atoms with Crippen LogP contribution in [0, 0.1) is 5.92 Å². The fraction of sp³-hybridized carbons (Fsp3) is 0.889. The van der Waals surface area contributed by atoms with Crippen molar-refractivity contribution < 1.29 is 18.0 Å². The molecule has 0 aliphatic carbocycles. The molecule has 0 aromatic heterocycles. The molecule has 0 aromatic rings. The maximum Gasteiger partial charge on any atom is 0.389 e. The standard InChI is InChI=1S/C9H17F3N2O.ClH/c1-6(7(2)13)8(15)14-5-3-4-9(10,11)12;/h6-7H,3-5,13H2,1-2H3,(H,14,15);1H. The number of amides is 1. The van der Waals surface area contributed by atoms with Crippen LogP contribution in [-0.4, -0.2) is 24.7 Å². The number of hydrogen-bond acceptors (Lipinski definition) is 2. The van der Waals surface area contributed by atoms with Crippen LogP contribution in [0.3, 0.4) is 0 Å². The quantitative estimate of drug-likeness (QED) is 0.743. The highest BCUT2D eigenvalue weighted by Gasteiger charge is 2.26. The van der Waals surface area contributed by atoms with Gasteiger partial charge in [0.1, 0.15) is 0 Å². The van der Waals surface area contributed by atoms with E-state index in [9.17, 15) is 18.0 Å². The largest absolute Gasteiger partial charge is 0.389 e. The number of hydrogen-bond donors (Lipinski definition) is 2. The van der Waals surface area contributed by atoms with E-state index in [1.54, 1.807) is 13.8 Å². The van der Waals surface area contributed by atoms with Crippen molar-refractivity contribution in [3.63, 3.8) is 0 Å². The fourth-order valence-corrected chi connectivity index (χ4v) is 0.900. The summed E-state index contributed by atoms with van der Waals surface area (Å²) in [6.07, 6.45) is -5.13. The third-order valence-electron chi connectivity index (χ3n) is 2.14. The summed E-state index contributed by atoms with van der Waals surface area (Å²) in [6.45, 7) is 3.36. The lowest BCUT2D eigenvalue weighted by Gasteiger charge is -2.15. The molecule has 98 valence electrons. The summed E-state index contributed by atoms with van der Waals surface area (Å²) >= 11 is 0. The van der Waals surface area contributed by atoms with Gasteiger partial charge < -0.3 is 11.1 Å². The van der Waals surface area contributed by atoms with Crippen molar-refractivity contribution in [3.05, 3.63) is 0 Å². The van der Waals surface area contributed by atoms with Crippen LogP contribution < -0.4 is 11.1 Å². The first-order valence-corrected chi connectivity index (χ1v) is 4.84. The second-order valence-electron chi connectivity index (χ2n) is 3.66. The van der Waals surface area contributed by atoms with Crippen LogP contribution in [-0.2, 0) is 4.79 Å². The van der Waals surface area contributed by atoms with Crippen LogP contribution in [0.5, 0.6) is 0 Å². The molecular formula is C9H18ClF3N2O. The molecule has 2 atom stereocenters. The van der Waals surface area contributed by atoms with Crippen LogP contribution in [0.25, 0.3) is 0 Å². The number of nitrogens with two attached hydrogens (primary N) is 1. The van der Waals surface area contributed by atoms with Crippen LogP contribution >= 0.6 is 12.4 Å². The van der Waals surface area contributed by atoms with Gasteiger partial charge in [-0.3, -0.25) is 4.79 Å². The van der Waals surface area contributed by atoms with Crippen LogP contribution in [0.15, 0.2) is 0 Å². The lowest BCUT2D eigenvalue weighted by molar-refractivity contribution is -0.136. The minimum Gasteiger partial charge on any atom is -0.356 e. The Morgan fingerprint density at radius 2 is 1.88 bits per heavy atom. The second-order valence-corrected chi connectivity index (χ2v) is 3.66. The summed E-state index contributed by atoms with van der Waals surface area (Å²) < 4.78 is 35.2. The minimum absolute atomic E-state index is 0. The monoisotopic (exact) mass is 262 g/mol. The molecule has 7 heteroatoms. The average molecular weight is 263 g/mol. The molecule has 16 heavy (non-hydrogen) atoms. The maximum atomic E-state index is 11.7. The highest BCUT2D eigenvalue weighted by molar-refractivity contribution is 5.85. The van der Waals surface area contributed by atoms with E-state index in [-0.39, 0.29) is 43.2 Å². The number of carbonyl (C=O) groups is 1. The van der Waals surface area contributed by atoms with E-state index >= 15 is 0 Å².